The van der Waals surface area contributed by atoms with Crippen molar-refractivity contribution in [1.82, 2.24) is 9.88 Å². The maximum atomic E-state index is 14.5. The molecule has 1 aliphatic heterocycles. The van der Waals surface area contributed by atoms with Crippen molar-refractivity contribution in [3.63, 3.8) is 0 Å². The highest BCUT2D eigenvalue weighted by atomic mass is 19.4. The second-order valence-corrected chi connectivity index (χ2v) is 8.88. The van der Waals surface area contributed by atoms with Crippen LogP contribution >= 0.6 is 0 Å². The molecular weight excluding hydrogens is 470 g/mol. The van der Waals surface area contributed by atoms with Crippen molar-refractivity contribution < 1.29 is 22.4 Å². The largest absolute Gasteiger partial charge is 0.416 e. The summed E-state index contributed by atoms with van der Waals surface area (Å²) >= 11 is 0. The van der Waals surface area contributed by atoms with Gasteiger partial charge in [-0.1, -0.05) is 29.8 Å². The van der Waals surface area contributed by atoms with E-state index >= 15 is 0 Å². The first-order valence-electron chi connectivity index (χ1n) is 11.6. The summed E-state index contributed by atoms with van der Waals surface area (Å²) in [6, 6.07) is 18.7. The molecule has 1 saturated heterocycles. The number of carbonyl (C=O) groups is 1. The number of fused-ring (bicyclic) bond motifs is 1. The summed E-state index contributed by atoms with van der Waals surface area (Å²) in [5.41, 5.74) is 2.44. The number of pyridine rings is 1. The van der Waals surface area contributed by atoms with Gasteiger partial charge >= 0.3 is 6.18 Å². The molecule has 3 aromatic carbocycles. The number of hydrogen-bond donors (Lipinski definition) is 0. The molecule has 4 nitrogen and oxygen atoms in total. The molecular formula is C28H23F4N3O. The molecule has 184 valence electrons. The summed E-state index contributed by atoms with van der Waals surface area (Å²) in [5, 5.41) is 0.681. The van der Waals surface area contributed by atoms with Crippen molar-refractivity contribution in [3.8, 4) is 11.3 Å². The standard InChI is InChI=1S/C28H23F4N3O/c1-18-9-10-25-22(15-18)23(17-26(33-25)21-7-2-3-8-24(21)29)27(36)35-13-11-34(12-14-35)20-6-4-5-19(16-20)28(30,31)32/h2-10,15-17H,11-14H2,1H3. The van der Waals surface area contributed by atoms with Gasteiger partial charge in [-0.3, -0.25) is 4.79 Å². The van der Waals surface area contributed by atoms with Gasteiger partial charge in [0.1, 0.15) is 5.82 Å². The van der Waals surface area contributed by atoms with Crippen LogP contribution in [0.5, 0.6) is 0 Å². The Morgan fingerprint density at radius 3 is 2.36 bits per heavy atom. The zero-order chi connectivity index (χ0) is 25.4. The Balaban J connectivity index is 1.44. The summed E-state index contributed by atoms with van der Waals surface area (Å²) in [4.78, 5) is 21.8. The first-order chi connectivity index (χ1) is 17.2. The number of anilines is 1. The van der Waals surface area contributed by atoms with E-state index in [1.807, 2.05) is 30.0 Å². The summed E-state index contributed by atoms with van der Waals surface area (Å²) in [6.45, 7) is 3.41. The Labute approximate surface area is 205 Å². The van der Waals surface area contributed by atoms with Crippen molar-refractivity contribution in [1.29, 1.82) is 0 Å². The third-order valence-electron chi connectivity index (χ3n) is 6.45. The predicted octanol–water partition coefficient (Wildman–Crippen LogP) is 6.33. The number of rotatable bonds is 3. The average Bonchev–Trinajstić information content (AvgIpc) is 2.88. The third-order valence-corrected chi connectivity index (χ3v) is 6.45. The van der Waals surface area contributed by atoms with Gasteiger partial charge in [-0.25, -0.2) is 9.37 Å². The van der Waals surface area contributed by atoms with Gasteiger partial charge in [0, 0.05) is 42.8 Å². The number of nitrogens with zero attached hydrogens (tertiary/aromatic N) is 3. The molecule has 0 aliphatic carbocycles. The highest BCUT2D eigenvalue weighted by Gasteiger charge is 2.31. The Morgan fingerprint density at radius 2 is 1.64 bits per heavy atom. The molecule has 0 atom stereocenters. The number of alkyl halides is 3. The Kier molecular flexibility index (Phi) is 6.12. The maximum absolute atomic E-state index is 14.5. The van der Waals surface area contributed by atoms with Crippen LogP contribution < -0.4 is 4.90 Å². The van der Waals surface area contributed by atoms with Crippen LogP contribution in [-0.4, -0.2) is 42.0 Å². The first kappa shape index (κ1) is 23.8. The van der Waals surface area contributed by atoms with Gasteiger partial charge in [0.25, 0.3) is 5.91 Å². The molecule has 1 aliphatic rings. The van der Waals surface area contributed by atoms with E-state index in [-0.39, 0.29) is 5.91 Å². The van der Waals surface area contributed by atoms with Gasteiger partial charge in [-0.2, -0.15) is 13.2 Å². The van der Waals surface area contributed by atoms with E-state index in [9.17, 15) is 22.4 Å². The first-order valence-corrected chi connectivity index (χ1v) is 11.6. The van der Waals surface area contributed by atoms with Gasteiger partial charge in [0.05, 0.1) is 22.3 Å². The number of aromatic nitrogens is 1. The van der Waals surface area contributed by atoms with Crippen LogP contribution in [0.4, 0.5) is 23.2 Å². The van der Waals surface area contributed by atoms with Crippen molar-refractivity contribution in [2.24, 2.45) is 0 Å². The minimum Gasteiger partial charge on any atom is -0.368 e. The van der Waals surface area contributed by atoms with E-state index in [0.717, 1.165) is 17.7 Å². The lowest BCUT2D eigenvalue weighted by Crippen LogP contribution is -2.48. The van der Waals surface area contributed by atoms with E-state index in [0.29, 0.717) is 59.6 Å². The van der Waals surface area contributed by atoms with Crippen LogP contribution in [0.1, 0.15) is 21.5 Å². The molecule has 1 amide bonds. The smallest absolute Gasteiger partial charge is 0.368 e. The minimum absolute atomic E-state index is 0.214. The van der Waals surface area contributed by atoms with Crippen LogP contribution in [-0.2, 0) is 6.18 Å². The molecule has 0 saturated carbocycles. The normalized spacial score (nSPS) is 14.4. The molecule has 0 bridgehead atoms. The number of aryl methyl sites for hydroxylation is 1. The van der Waals surface area contributed by atoms with Gasteiger partial charge in [0.2, 0.25) is 0 Å². The number of halogens is 4. The summed E-state index contributed by atoms with van der Waals surface area (Å²) in [7, 11) is 0. The molecule has 5 rings (SSSR count). The van der Waals surface area contributed by atoms with E-state index in [4.69, 9.17) is 0 Å². The number of piperazine rings is 1. The lowest BCUT2D eigenvalue weighted by atomic mass is 10.0. The highest BCUT2D eigenvalue weighted by Crippen LogP contribution is 2.32. The molecule has 8 heteroatoms. The zero-order valence-electron chi connectivity index (χ0n) is 19.5. The quantitative estimate of drug-likeness (QED) is 0.313. The Bertz CT molecular complexity index is 1440. The lowest BCUT2D eigenvalue weighted by molar-refractivity contribution is -0.137. The number of hydrogen-bond acceptors (Lipinski definition) is 3. The van der Waals surface area contributed by atoms with E-state index in [1.165, 1.54) is 12.1 Å². The fourth-order valence-electron chi connectivity index (χ4n) is 4.54. The topological polar surface area (TPSA) is 36.4 Å². The zero-order valence-corrected chi connectivity index (χ0v) is 19.5. The number of carbonyl (C=O) groups excluding carboxylic acids is 1. The van der Waals surface area contributed by atoms with E-state index in [2.05, 4.69) is 4.98 Å². The Hall–Kier alpha value is -3.94. The molecule has 0 spiro atoms. The van der Waals surface area contributed by atoms with Crippen LogP contribution in [0.2, 0.25) is 0 Å². The molecule has 2 heterocycles. The average molecular weight is 494 g/mol. The minimum atomic E-state index is -4.41. The molecule has 0 radical (unpaired) electrons. The van der Waals surface area contributed by atoms with Crippen molar-refractivity contribution in [3.05, 3.63) is 95.3 Å². The molecule has 1 fully saturated rings. The Morgan fingerprint density at radius 1 is 0.889 bits per heavy atom. The predicted molar refractivity (Wildman–Crippen MR) is 131 cm³/mol. The van der Waals surface area contributed by atoms with Crippen molar-refractivity contribution >= 4 is 22.5 Å². The van der Waals surface area contributed by atoms with Crippen LogP contribution in [0.3, 0.4) is 0 Å². The lowest BCUT2D eigenvalue weighted by Gasteiger charge is -2.36. The van der Waals surface area contributed by atoms with Crippen molar-refractivity contribution in [2.45, 2.75) is 13.1 Å². The second kappa shape index (κ2) is 9.26. The SMILES string of the molecule is Cc1ccc2nc(-c3ccccc3F)cc(C(=O)N3CCN(c4cccc(C(F)(F)F)c4)CC3)c2c1. The van der Waals surface area contributed by atoms with Gasteiger partial charge in [-0.15, -0.1) is 0 Å². The fourth-order valence-corrected chi connectivity index (χ4v) is 4.54. The van der Waals surface area contributed by atoms with Crippen molar-refractivity contribution in [2.75, 3.05) is 31.1 Å². The number of amides is 1. The van der Waals surface area contributed by atoms with E-state index < -0.39 is 17.6 Å². The fraction of sp³-hybridized carbons (Fsp3) is 0.214. The van der Waals surface area contributed by atoms with Gasteiger partial charge < -0.3 is 9.80 Å². The maximum Gasteiger partial charge on any atom is 0.416 e. The van der Waals surface area contributed by atoms with Crippen LogP contribution in [0.25, 0.3) is 22.2 Å². The molecule has 0 unspecified atom stereocenters. The summed E-state index contributed by atoms with van der Waals surface area (Å²) in [5.74, 6) is -0.640. The van der Waals surface area contributed by atoms with Gasteiger partial charge in [0.15, 0.2) is 0 Å². The molecule has 1 aromatic heterocycles. The second-order valence-electron chi connectivity index (χ2n) is 8.88. The monoisotopic (exact) mass is 493 g/mol. The van der Waals surface area contributed by atoms with Gasteiger partial charge in [-0.05, 0) is 55.5 Å². The summed E-state index contributed by atoms with van der Waals surface area (Å²) < 4.78 is 53.9. The number of benzene rings is 3. The summed E-state index contributed by atoms with van der Waals surface area (Å²) in [6.07, 6.45) is -4.41. The molecule has 4 aromatic rings. The van der Waals surface area contributed by atoms with E-state index in [1.54, 1.807) is 35.2 Å². The van der Waals surface area contributed by atoms with Crippen LogP contribution in [0.15, 0.2) is 72.8 Å². The highest BCUT2D eigenvalue weighted by molar-refractivity contribution is 6.07. The molecule has 36 heavy (non-hydrogen) atoms. The third kappa shape index (κ3) is 4.63. The van der Waals surface area contributed by atoms with Crippen LogP contribution in [0, 0.1) is 12.7 Å². The molecule has 0 N–H and O–H groups in total.